The van der Waals surface area contributed by atoms with Crippen LogP contribution in [0.5, 0.6) is 0 Å². The summed E-state index contributed by atoms with van der Waals surface area (Å²) in [6, 6.07) is 7.69. The number of benzene rings is 1. The second-order valence-corrected chi connectivity index (χ2v) is 6.68. The van der Waals surface area contributed by atoms with Gasteiger partial charge in [0.2, 0.25) is 0 Å². The van der Waals surface area contributed by atoms with E-state index in [0.29, 0.717) is 6.61 Å². The highest BCUT2D eigenvalue weighted by Crippen LogP contribution is 2.21. The summed E-state index contributed by atoms with van der Waals surface area (Å²) in [5.41, 5.74) is 1.39. The molecule has 1 aromatic carbocycles. The van der Waals surface area contributed by atoms with Crippen LogP contribution in [0.4, 0.5) is 0 Å². The third kappa shape index (κ3) is 4.61. The number of carbonyl (C=O) groups excluding carboxylic acids is 1. The lowest BCUT2D eigenvalue weighted by molar-refractivity contribution is -0.0149. The van der Waals surface area contributed by atoms with Gasteiger partial charge in [-0.2, -0.15) is 0 Å². The fourth-order valence-electron chi connectivity index (χ4n) is 1.49. The third-order valence-corrected chi connectivity index (χ3v) is 2.57. The molecule has 0 radical (unpaired) electrons. The Morgan fingerprint density at radius 1 is 1.00 bits per heavy atom. The average Bonchev–Trinajstić information content (AvgIpc) is 2.24. The van der Waals surface area contributed by atoms with Gasteiger partial charge in [0.15, 0.2) is 5.78 Å². The van der Waals surface area contributed by atoms with Gasteiger partial charge in [0.25, 0.3) is 0 Å². The maximum absolute atomic E-state index is 12.1. The molecule has 0 aliphatic carbocycles. The molecule has 0 fully saturated rings. The van der Waals surface area contributed by atoms with Crippen LogP contribution in [0.25, 0.3) is 0 Å². The molecule has 0 spiro atoms. The van der Waals surface area contributed by atoms with Crippen molar-refractivity contribution in [2.45, 2.75) is 53.8 Å². The second kappa shape index (κ2) is 5.23. The van der Waals surface area contributed by atoms with Crippen LogP contribution >= 0.6 is 0 Å². The molecule has 100 valence electrons. The minimum absolute atomic E-state index is 0.139. The van der Waals surface area contributed by atoms with Crippen molar-refractivity contribution in [3.8, 4) is 0 Å². The fourth-order valence-corrected chi connectivity index (χ4v) is 1.49. The Labute approximate surface area is 110 Å². The van der Waals surface area contributed by atoms with Crippen LogP contribution in [0.2, 0.25) is 0 Å². The number of hydrogen-bond acceptors (Lipinski definition) is 2. The monoisotopic (exact) mass is 248 g/mol. The standard InChI is InChI=1S/C16H24O2/c1-15(2,3)14(17)13-9-7-12(8-10-13)11-18-16(4,5)6/h7-10H,11H2,1-6H3. The zero-order chi connectivity index (χ0) is 14.0. The maximum atomic E-state index is 12.1. The van der Waals surface area contributed by atoms with Gasteiger partial charge < -0.3 is 4.74 Å². The van der Waals surface area contributed by atoms with Crippen LogP contribution in [-0.2, 0) is 11.3 Å². The van der Waals surface area contributed by atoms with Gasteiger partial charge >= 0.3 is 0 Å². The predicted octanol–water partition coefficient (Wildman–Crippen LogP) is 4.23. The van der Waals surface area contributed by atoms with E-state index < -0.39 is 0 Å². The highest BCUT2D eigenvalue weighted by Gasteiger charge is 2.22. The molecule has 1 aromatic rings. The summed E-state index contributed by atoms with van der Waals surface area (Å²) in [4.78, 5) is 12.1. The minimum atomic E-state index is -0.330. The van der Waals surface area contributed by atoms with Crippen LogP contribution in [0.3, 0.4) is 0 Å². The molecular weight excluding hydrogens is 224 g/mol. The van der Waals surface area contributed by atoms with Gasteiger partial charge in [-0.15, -0.1) is 0 Å². The molecule has 0 heterocycles. The van der Waals surface area contributed by atoms with Crippen LogP contribution < -0.4 is 0 Å². The summed E-state index contributed by atoms with van der Waals surface area (Å²) in [6.45, 7) is 12.5. The van der Waals surface area contributed by atoms with Crippen LogP contribution in [0.15, 0.2) is 24.3 Å². The smallest absolute Gasteiger partial charge is 0.168 e. The second-order valence-electron chi connectivity index (χ2n) is 6.68. The predicted molar refractivity (Wildman–Crippen MR) is 74.8 cm³/mol. The van der Waals surface area contributed by atoms with E-state index in [1.165, 1.54) is 0 Å². The molecular formula is C16H24O2. The van der Waals surface area contributed by atoms with Gasteiger partial charge in [-0.3, -0.25) is 4.79 Å². The van der Waals surface area contributed by atoms with E-state index >= 15 is 0 Å². The summed E-state index contributed by atoms with van der Waals surface area (Å²) in [5.74, 6) is 0.172. The molecule has 2 heteroatoms. The Morgan fingerprint density at radius 3 is 1.89 bits per heavy atom. The molecule has 0 atom stereocenters. The van der Waals surface area contributed by atoms with Crippen molar-refractivity contribution < 1.29 is 9.53 Å². The maximum Gasteiger partial charge on any atom is 0.168 e. The summed E-state index contributed by atoms with van der Waals surface area (Å²) >= 11 is 0. The molecule has 0 saturated heterocycles. The summed E-state index contributed by atoms with van der Waals surface area (Å²) in [7, 11) is 0. The largest absolute Gasteiger partial charge is 0.371 e. The van der Waals surface area contributed by atoms with Crippen LogP contribution in [0, 0.1) is 5.41 Å². The lowest BCUT2D eigenvalue weighted by Crippen LogP contribution is -2.20. The molecule has 0 unspecified atom stereocenters. The van der Waals surface area contributed by atoms with Gasteiger partial charge in [0, 0.05) is 11.0 Å². The number of ether oxygens (including phenoxy) is 1. The zero-order valence-corrected chi connectivity index (χ0v) is 12.3. The first kappa shape index (κ1) is 14.9. The number of hydrogen-bond donors (Lipinski definition) is 0. The number of rotatable bonds is 3. The van der Waals surface area contributed by atoms with E-state index in [1.807, 2.05) is 65.8 Å². The normalized spacial score (nSPS) is 12.6. The first-order valence-electron chi connectivity index (χ1n) is 6.37. The Morgan fingerprint density at radius 2 is 1.50 bits per heavy atom. The molecule has 18 heavy (non-hydrogen) atoms. The van der Waals surface area contributed by atoms with Gasteiger partial charge in [0.1, 0.15) is 0 Å². The quantitative estimate of drug-likeness (QED) is 0.748. The number of ketones is 1. The highest BCUT2D eigenvalue weighted by molar-refractivity contribution is 5.99. The Bertz CT molecular complexity index is 402. The number of carbonyl (C=O) groups is 1. The van der Waals surface area contributed by atoms with Crippen molar-refractivity contribution >= 4 is 5.78 Å². The Balaban J connectivity index is 2.72. The number of Topliss-reactive ketones (excluding diaryl/α,β-unsaturated/α-hetero) is 1. The molecule has 0 saturated carbocycles. The molecule has 0 N–H and O–H groups in total. The lowest BCUT2D eigenvalue weighted by atomic mass is 9.86. The van der Waals surface area contributed by atoms with Gasteiger partial charge in [-0.05, 0) is 26.3 Å². The van der Waals surface area contributed by atoms with Crippen molar-refractivity contribution in [2.75, 3.05) is 0 Å². The first-order chi connectivity index (χ1) is 8.09. The van der Waals surface area contributed by atoms with Crippen molar-refractivity contribution in [3.05, 3.63) is 35.4 Å². The zero-order valence-electron chi connectivity index (χ0n) is 12.3. The van der Waals surface area contributed by atoms with Crippen molar-refractivity contribution in [1.82, 2.24) is 0 Å². The molecule has 0 bridgehead atoms. The fraction of sp³-hybridized carbons (Fsp3) is 0.562. The molecule has 0 aliphatic heterocycles. The van der Waals surface area contributed by atoms with E-state index in [1.54, 1.807) is 0 Å². The van der Waals surface area contributed by atoms with E-state index in [9.17, 15) is 4.79 Å². The van der Waals surface area contributed by atoms with Crippen molar-refractivity contribution in [1.29, 1.82) is 0 Å². The van der Waals surface area contributed by atoms with E-state index in [-0.39, 0.29) is 16.8 Å². The van der Waals surface area contributed by atoms with Gasteiger partial charge in [-0.25, -0.2) is 0 Å². The van der Waals surface area contributed by atoms with E-state index in [2.05, 4.69) is 0 Å². The molecule has 0 amide bonds. The summed E-state index contributed by atoms with van der Waals surface area (Å²) < 4.78 is 5.70. The molecule has 0 aliphatic rings. The van der Waals surface area contributed by atoms with Crippen molar-refractivity contribution in [3.63, 3.8) is 0 Å². The van der Waals surface area contributed by atoms with Crippen molar-refractivity contribution in [2.24, 2.45) is 5.41 Å². The topological polar surface area (TPSA) is 26.3 Å². The Hall–Kier alpha value is -1.15. The third-order valence-electron chi connectivity index (χ3n) is 2.57. The van der Waals surface area contributed by atoms with E-state index in [4.69, 9.17) is 4.74 Å². The molecule has 2 nitrogen and oxygen atoms in total. The van der Waals surface area contributed by atoms with Crippen LogP contribution in [0.1, 0.15) is 57.5 Å². The molecule has 1 rings (SSSR count). The Kier molecular flexibility index (Phi) is 4.33. The molecule has 0 aromatic heterocycles. The summed E-state index contributed by atoms with van der Waals surface area (Å²) in [6.07, 6.45) is 0. The SMILES string of the molecule is CC(C)(C)OCc1ccc(C(=O)C(C)(C)C)cc1. The summed E-state index contributed by atoms with van der Waals surface area (Å²) in [5, 5.41) is 0. The minimum Gasteiger partial charge on any atom is -0.371 e. The van der Waals surface area contributed by atoms with Gasteiger partial charge in [-0.1, -0.05) is 45.0 Å². The average molecular weight is 248 g/mol. The van der Waals surface area contributed by atoms with Crippen LogP contribution in [-0.4, -0.2) is 11.4 Å². The highest BCUT2D eigenvalue weighted by atomic mass is 16.5. The first-order valence-corrected chi connectivity index (χ1v) is 6.37. The van der Waals surface area contributed by atoms with E-state index in [0.717, 1.165) is 11.1 Å². The lowest BCUT2D eigenvalue weighted by Gasteiger charge is -2.20. The van der Waals surface area contributed by atoms with Gasteiger partial charge in [0.05, 0.1) is 12.2 Å².